The first kappa shape index (κ1) is 17.0. The van der Waals surface area contributed by atoms with Gasteiger partial charge in [0.15, 0.2) is 0 Å². The number of hydrogen-bond acceptors (Lipinski definition) is 4. The van der Waals surface area contributed by atoms with Gasteiger partial charge in [-0.25, -0.2) is 13.1 Å². The third-order valence-electron chi connectivity index (χ3n) is 5.20. The standard InChI is InChI=1S/C17H22N2O4S/c1-19(2)16(21)12-4-6-14(7-5-12)24(22,23)18-15(20)13-10-17(11-13)8-3-9-17/h4-7,13H,3,8-11H2,1-2H3,(H,18,20). The molecular weight excluding hydrogens is 328 g/mol. The Morgan fingerprint density at radius 3 is 2.17 bits per heavy atom. The molecule has 0 bridgehead atoms. The second-order valence-corrected chi connectivity index (χ2v) is 8.83. The lowest BCUT2D eigenvalue weighted by Gasteiger charge is -2.53. The number of sulfonamides is 1. The Bertz CT molecular complexity index is 756. The van der Waals surface area contributed by atoms with Gasteiger partial charge in [0.1, 0.15) is 0 Å². The number of nitrogens with zero attached hydrogens (tertiary/aromatic N) is 1. The van der Waals surface area contributed by atoms with Crippen LogP contribution in [0.25, 0.3) is 0 Å². The molecule has 7 heteroatoms. The molecule has 0 aromatic heterocycles. The molecule has 2 saturated carbocycles. The Labute approximate surface area is 142 Å². The largest absolute Gasteiger partial charge is 0.345 e. The summed E-state index contributed by atoms with van der Waals surface area (Å²) in [5.74, 6) is -0.820. The van der Waals surface area contributed by atoms with Crippen molar-refractivity contribution in [3.63, 3.8) is 0 Å². The Kier molecular flexibility index (Phi) is 4.15. The molecular formula is C17H22N2O4S. The molecule has 6 nitrogen and oxygen atoms in total. The number of carbonyl (C=O) groups is 2. The van der Waals surface area contributed by atoms with Gasteiger partial charge in [-0.15, -0.1) is 0 Å². The Balaban J connectivity index is 1.64. The van der Waals surface area contributed by atoms with E-state index in [0.717, 1.165) is 25.7 Å². The summed E-state index contributed by atoms with van der Waals surface area (Å²) in [4.78, 5) is 25.4. The minimum Gasteiger partial charge on any atom is -0.345 e. The molecule has 2 amide bonds. The third kappa shape index (κ3) is 3.05. The fraction of sp³-hybridized carbons (Fsp3) is 0.529. The van der Waals surface area contributed by atoms with E-state index in [1.54, 1.807) is 14.1 Å². The molecule has 0 aliphatic heterocycles. The van der Waals surface area contributed by atoms with Crippen LogP contribution in [0, 0.1) is 11.3 Å². The van der Waals surface area contributed by atoms with E-state index in [4.69, 9.17) is 0 Å². The summed E-state index contributed by atoms with van der Waals surface area (Å²) in [6.07, 6.45) is 5.12. The van der Waals surface area contributed by atoms with Crippen LogP contribution < -0.4 is 4.72 Å². The van der Waals surface area contributed by atoms with Crippen LogP contribution in [0.3, 0.4) is 0 Å². The van der Waals surface area contributed by atoms with Gasteiger partial charge < -0.3 is 4.90 Å². The third-order valence-corrected chi connectivity index (χ3v) is 6.56. The van der Waals surface area contributed by atoms with Crippen LogP contribution in [0.1, 0.15) is 42.5 Å². The highest BCUT2D eigenvalue weighted by atomic mass is 32.2. The fourth-order valence-electron chi connectivity index (χ4n) is 3.57. The van der Waals surface area contributed by atoms with Gasteiger partial charge in [-0.2, -0.15) is 0 Å². The maximum atomic E-state index is 12.3. The summed E-state index contributed by atoms with van der Waals surface area (Å²) in [5, 5.41) is 0. The minimum atomic E-state index is -3.89. The molecule has 0 heterocycles. The van der Waals surface area contributed by atoms with Crippen LogP contribution in [-0.2, 0) is 14.8 Å². The Hall–Kier alpha value is -1.89. The molecule has 1 aromatic rings. The lowest BCUT2D eigenvalue weighted by Crippen LogP contribution is -2.49. The molecule has 1 spiro atoms. The van der Waals surface area contributed by atoms with Crippen LogP contribution in [0.15, 0.2) is 29.2 Å². The number of rotatable bonds is 4. The fourth-order valence-corrected chi connectivity index (χ4v) is 4.61. The summed E-state index contributed by atoms with van der Waals surface area (Å²) < 4.78 is 26.8. The van der Waals surface area contributed by atoms with Crippen LogP contribution in [-0.4, -0.2) is 39.2 Å². The first-order valence-electron chi connectivity index (χ1n) is 8.11. The van der Waals surface area contributed by atoms with Crippen molar-refractivity contribution in [2.75, 3.05) is 14.1 Å². The van der Waals surface area contributed by atoms with Crippen molar-refractivity contribution in [1.29, 1.82) is 0 Å². The van der Waals surface area contributed by atoms with Gasteiger partial charge in [0.25, 0.3) is 15.9 Å². The number of amides is 2. The predicted molar refractivity (Wildman–Crippen MR) is 88.8 cm³/mol. The van der Waals surface area contributed by atoms with Crippen molar-refractivity contribution in [3.05, 3.63) is 29.8 Å². The molecule has 130 valence electrons. The molecule has 2 aliphatic rings. The molecule has 0 atom stereocenters. The van der Waals surface area contributed by atoms with Gasteiger partial charge in [-0.3, -0.25) is 9.59 Å². The van der Waals surface area contributed by atoms with Gasteiger partial charge in [-0.05, 0) is 55.4 Å². The van der Waals surface area contributed by atoms with Gasteiger partial charge in [0, 0.05) is 25.6 Å². The monoisotopic (exact) mass is 350 g/mol. The zero-order valence-electron chi connectivity index (χ0n) is 13.9. The first-order chi connectivity index (χ1) is 11.2. The highest BCUT2D eigenvalue weighted by Crippen LogP contribution is 2.58. The summed E-state index contributed by atoms with van der Waals surface area (Å²) in [5.41, 5.74) is 0.719. The zero-order chi connectivity index (χ0) is 17.5. The number of carbonyl (C=O) groups excluding carboxylic acids is 2. The minimum absolute atomic E-state index is 0.0103. The normalized spacial score (nSPS) is 19.2. The average Bonchev–Trinajstić information content (AvgIpc) is 2.43. The lowest BCUT2D eigenvalue weighted by molar-refractivity contribution is -0.134. The summed E-state index contributed by atoms with van der Waals surface area (Å²) in [6.45, 7) is 0. The van der Waals surface area contributed by atoms with E-state index in [2.05, 4.69) is 4.72 Å². The molecule has 0 saturated heterocycles. The van der Waals surface area contributed by atoms with Crippen LogP contribution in [0.5, 0.6) is 0 Å². The van der Waals surface area contributed by atoms with Gasteiger partial charge in [0.05, 0.1) is 4.90 Å². The second-order valence-electron chi connectivity index (χ2n) is 7.15. The van der Waals surface area contributed by atoms with Crippen molar-refractivity contribution in [2.24, 2.45) is 11.3 Å². The van der Waals surface area contributed by atoms with E-state index >= 15 is 0 Å². The molecule has 0 unspecified atom stereocenters. The topological polar surface area (TPSA) is 83.6 Å². The van der Waals surface area contributed by atoms with E-state index < -0.39 is 15.9 Å². The Morgan fingerprint density at radius 1 is 1.12 bits per heavy atom. The summed E-state index contributed by atoms with van der Waals surface area (Å²) in [7, 11) is -0.642. The van der Waals surface area contributed by atoms with Crippen molar-refractivity contribution >= 4 is 21.8 Å². The van der Waals surface area contributed by atoms with Crippen molar-refractivity contribution in [2.45, 2.75) is 37.0 Å². The van der Waals surface area contributed by atoms with E-state index in [1.165, 1.54) is 35.6 Å². The maximum Gasteiger partial charge on any atom is 0.264 e. The molecule has 2 aliphatic carbocycles. The lowest BCUT2D eigenvalue weighted by atomic mass is 9.52. The second kappa shape index (κ2) is 5.88. The van der Waals surface area contributed by atoms with Crippen LogP contribution in [0.4, 0.5) is 0 Å². The van der Waals surface area contributed by atoms with E-state index in [0.29, 0.717) is 11.0 Å². The first-order valence-corrected chi connectivity index (χ1v) is 9.59. The van der Waals surface area contributed by atoms with E-state index in [1.807, 2.05) is 0 Å². The van der Waals surface area contributed by atoms with Crippen molar-refractivity contribution < 1.29 is 18.0 Å². The predicted octanol–water partition coefficient (Wildman–Crippen LogP) is 1.77. The number of benzene rings is 1. The molecule has 0 radical (unpaired) electrons. The van der Waals surface area contributed by atoms with E-state index in [-0.39, 0.29) is 16.7 Å². The quantitative estimate of drug-likeness (QED) is 0.897. The average molecular weight is 350 g/mol. The SMILES string of the molecule is CN(C)C(=O)c1ccc(S(=O)(=O)NC(=O)C2CC3(CCC3)C2)cc1. The zero-order valence-corrected chi connectivity index (χ0v) is 14.7. The number of nitrogens with one attached hydrogen (secondary N) is 1. The smallest absolute Gasteiger partial charge is 0.264 e. The molecule has 1 N–H and O–H groups in total. The van der Waals surface area contributed by atoms with Crippen molar-refractivity contribution in [1.82, 2.24) is 9.62 Å². The van der Waals surface area contributed by atoms with Crippen LogP contribution >= 0.6 is 0 Å². The van der Waals surface area contributed by atoms with Gasteiger partial charge in [-0.1, -0.05) is 6.42 Å². The highest BCUT2D eigenvalue weighted by Gasteiger charge is 2.50. The Morgan fingerprint density at radius 2 is 1.71 bits per heavy atom. The maximum absolute atomic E-state index is 12.3. The molecule has 24 heavy (non-hydrogen) atoms. The van der Waals surface area contributed by atoms with E-state index in [9.17, 15) is 18.0 Å². The highest BCUT2D eigenvalue weighted by molar-refractivity contribution is 7.90. The molecule has 2 fully saturated rings. The molecule has 1 aromatic carbocycles. The summed E-state index contributed by atoms with van der Waals surface area (Å²) in [6, 6.07) is 5.60. The van der Waals surface area contributed by atoms with Gasteiger partial charge >= 0.3 is 0 Å². The van der Waals surface area contributed by atoms with Crippen molar-refractivity contribution in [3.8, 4) is 0 Å². The summed E-state index contributed by atoms with van der Waals surface area (Å²) >= 11 is 0. The number of hydrogen-bond donors (Lipinski definition) is 1. The van der Waals surface area contributed by atoms with Gasteiger partial charge in [0.2, 0.25) is 5.91 Å². The molecule has 3 rings (SSSR count). The van der Waals surface area contributed by atoms with Crippen LogP contribution in [0.2, 0.25) is 0 Å².